The van der Waals surface area contributed by atoms with Gasteiger partial charge in [-0.15, -0.1) is 0 Å². The van der Waals surface area contributed by atoms with Crippen LogP contribution in [0.25, 0.3) is 16.9 Å². The van der Waals surface area contributed by atoms with E-state index in [9.17, 15) is 36.2 Å². The molecular formula is C19H16F6N4O4. The standard InChI is InChI=1S/C17H15F3N4O2.C2HF3O2/c1-9-3-4-10(16(2,26)17(18,19)20)5-11(9)13-6-23-14-7-22-12(15(21)25)8-24(13)14;3-2(4,5)1(6)7/h3-8,26H,1-2H3,(H2,21,25);(H,6,7). The maximum atomic E-state index is 13.2. The van der Waals surface area contributed by atoms with Crippen LogP contribution >= 0.6 is 0 Å². The Labute approximate surface area is 181 Å². The molecule has 0 bridgehead atoms. The predicted molar refractivity (Wildman–Crippen MR) is 101 cm³/mol. The number of halogens is 6. The van der Waals surface area contributed by atoms with Gasteiger partial charge in [0.25, 0.3) is 5.91 Å². The minimum Gasteiger partial charge on any atom is -0.475 e. The van der Waals surface area contributed by atoms with Crippen LogP contribution in [0.5, 0.6) is 0 Å². The fourth-order valence-corrected chi connectivity index (χ4v) is 2.58. The summed E-state index contributed by atoms with van der Waals surface area (Å²) in [6.45, 7) is 2.42. The minimum absolute atomic E-state index is 0.00662. The molecule has 0 saturated carbocycles. The molecule has 1 amide bonds. The predicted octanol–water partition coefficient (Wildman–Crippen LogP) is 3.21. The first-order chi connectivity index (χ1) is 15.0. The number of aryl methyl sites for hydroxylation is 1. The number of aliphatic carboxylic acids is 1. The zero-order chi connectivity index (χ0) is 25.4. The summed E-state index contributed by atoms with van der Waals surface area (Å²) in [7, 11) is 0. The molecule has 0 spiro atoms. The van der Waals surface area contributed by atoms with Crippen LogP contribution in [0, 0.1) is 6.92 Å². The van der Waals surface area contributed by atoms with Crippen LogP contribution in [0.4, 0.5) is 26.3 Å². The highest BCUT2D eigenvalue weighted by Gasteiger charge is 2.51. The van der Waals surface area contributed by atoms with E-state index in [1.807, 2.05) is 0 Å². The number of hydrogen-bond donors (Lipinski definition) is 3. The fraction of sp³-hybridized carbons (Fsp3) is 0.263. The van der Waals surface area contributed by atoms with Gasteiger partial charge < -0.3 is 15.9 Å². The quantitative estimate of drug-likeness (QED) is 0.496. The number of carbonyl (C=O) groups excluding carboxylic acids is 1. The number of nitrogens with two attached hydrogens (primary N) is 1. The largest absolute Gasteiger partial charge is 0.490 e. The van der Waals surface area contributed by atoms with Gasteiger partial charge in [0.2, 0.25) is 0 Å². The number of carboxylic acid groups (broad SMARTS) is 1. The Bertz CT molecular complexity index is 1200. The maximum Gasteiger partial charge on any atom is 0.490 e. The second kappa shape index (κ2) is 8.69. The molecule has 1 unspecified atom stereocenters. The highest BCUT2D eigenvalue weighted by molar-refractivity contribution is 5.90. The van der Waals surface area contributed by atoms with Crippen molar-refractivity contribution in [3.8, 4) is 11.3 Å². The van der Waals surface area contributed by atoms with E-state index in [-0.39, 0.29) is 11.3 Å². The fourth-order valence-electron chi connectivity index (χ4n) is 2.58. The molecule has 3 aromatic rings. The van der Waals surface area contributed by atoms with Crippen molar-refractivity contribution in [3.05, 3.63) is 53.6 Å². The highest BCUT2D eigenvalue weighted by Crippen LogP contribution is 2.40. The van der Waals surface area contributed by atoms with Crippen molar-refractivity contribution in [2.45, 2.75) is 31.8 Å². The van der Waals surface area contributed by atoms with Gasteiger partial charge in [0, 0.05) is 11.8 Å². The van der Waals surface area contributed by atoms with Crippen molar-refractivity contribution < 1.29 is 46.1 Å². The zero-order valence-corrected chi connectivity index (χ0v) is 16.9. The molecule has 14 heteroatoms. The lowest BCUT2D eigenvalue weighted by Gasteiger charge is -2.27. The SMILES string of the molecule is Cc1ccc(C(C)(O)C(F)(F)F)cc1-c1cnc2cnc(C(N)=O)cn12.O=C(O)C(F)(F)F. The van der Waals surface area contributed by atoms with Gasteiger partial charge in [-0.3, -0.25) is 9.20 Å². The third-order valence-electron chi connectivity index (χ3n) is 4.52. The number of amides is 1. The molecule has 3 rings (SSSR count). The summed E-state index contributed by atoms with van der Waals surface area (Å²) in [5, 5.41) is 17.1. The number of rotatable bonds is 3. The third kappa shape index (κ3) is 5.39. The van der Waals surface area contributed by atoms with Crippen molar-refractivity contribution in [3.63, 3.8) is 0 Å². The smallest absolute Gasteiger partial charge is 0.475 e. The number of nitrogens with zero attached hydrogens (tertiary/aromatic N) is 3. The van der Waals surface area contributed by atoms with Gasteiger partial charge in [-0.2, -0.15) is 26.3 Å². The summed E-state index contributed by atoms with van der Waals surface area (Å²) in [6.07, 6.45) is -5.75. The van der Waals surface area contributed by atoms with Gasteiger partial charge >= 0.3 is 18.3 Å². The molecule has 0 fully saturated rings. The van der Waals surface area contributed by atoms with E-state index in [4.69, 9.17) is 15.6 Å². The number of alkyl halides is 6. The Kier molecular flexibility index (Phi) is 6.74. The summed E-state index contributed by atoms with van der Waals surface area (Å²) < 4.78 is 72.7. The van der Waals surface area contributed by atoms with E-state index in [2.05, 4.69) is 9.97 Å². The molecule has 2 heterocycles. The average molecular weight is 478 g/mol. The van der Waals surface area contributed by atoms with Gasteiger partial charge in [-0.05, 0) is 31.0 Å². The molecule has 1 atom stereocenters. The maximum absolute atomic E-state index is 13.2. The molecule has 0 aliphatic carbocycles. The van der Waals surface area contributed by atoms with E-state index >= 15 is 0 Å². The first-order valence-electron chi connectivity index (χ1n) is 8.80. The molecular weight excluding hydrogens is 462 g/mol. The molecule has 0 aliphatic heterocycles. The number of carbonyl (C=O) groups is 2. The van der Waals surface area contributed by atoms with Crippen LogP contribution in [0.15, 0.2) is 36.8 Å². The molecule has 0 aliphatic rings. The lowest BCUT2D eigenvalue weighted by Crippen LogP contribution is -2.39. The summed E-state index contributed by atoms with van der Waals surface area (Å²) in [5.41, 5.74) is 3.87. The molecule has 0 saturated heterocycles. The van der Waals surface area contributed by atoms with Gasteiger partial charge in [0.1, 0.15) is 5.69 Å². The molecule has 33 heavy (non-hydrogen) atoms. The second-order valence-electron chi connectivity index (χ2n) is 6.91. The number of fused-ring (bicyclic) bond motifs is 1. The lowest BCUT2D eigenvalue weighted by molar-refractivity contribution is -0.258. The van der Waals surface area contributed by atoms with E-state index in [1.54, 1.807) is 6.92 Å². The number of carboxylic acids is 1. The third-order valence-corrected chi connectivity index (χ3v) is 4.52. The van der Waals surface area contributed by atoms with Crippen molar-refractivity contribution >= 4 is 17.5 Å². The Balaban J connectivity index is 0.000000479. The molecule has 8 nitrogen and oxygen atoms in total. The normalized spacial score (nSPS) is 13.7. The van der Waals surface area contributed by atoms with Crippen LogP contribution in [-0.2, 0) is 10.4 Å². The van der Waals surface area contributed by atoms with Gasteiger partial charge in [-0.1, -0.05) is 12.1 Å². The van der Waals surface area contributed by atoms with E-state index in [1.165, 1.54) is 41.2 Å². The summed E-state index contributed by atoms with van der Waals surface area (Å²) >= 11 is 0. The monoisotopic (exact) mass is 478 g/mol. The first kappa shape index (κ1) is 25.6. The number of primary amides is 1. The highest BCUT2D eigenvalue weighted by atomic mass is 19.4. The lowest BCUT2D eigenvalue weighted by atomic mass is 9.91. The Morgan fingerprint density at radius 3 is 2.12 bits per heavy atom. The Hall–Kier alpha value is -3.68. The van der Waals surface area contributed by atoms with Crippen LogP contribution in [0.2, 0.25) is 0 Å². The van der Waals surface area contributed by atoms with Gasteiger partial charge in [0.15, 0.2) is 11.2 Å². The van der Waals surface area contributed by atoms with Crippen LogP contribution in [0.3, 0.4) is 0 Å². The molecule has 1 aromatic carbocycles. The molecule has 2 aromatic heterocycles. The van der Waals surface area contributed by atoms with E-state index in [0.29, 0.717) is 29.4 Å². The van der Waals surface area contributed by atoms with Crippen LogP contribution in [0.1, 0.15) is 28.5 Å². The summed E-state index contributed by atoms with van der Waals surface area (Å²) in [6, 6.07) is 3.98. The summed E-state index contributed by atoms with van der Waals surface area (Å²) in [5.74, 6) is -3.50. The van der Waals surface area contributed by atoms with Crippen LogP contribution in [-0.4, -0.2) is 48.8 Å². The average Bonchev–Trinajstić information content (AvgIpc) is 3.10. The zero-order valence-electron chi connectivity index (χ0n) is 16.9. The van der Waals surface area contributed by atoms with Crippen LogP contribution < -0.4 is 5.73 Å². The van der Waals surface area contributed by atoms with Crippen molar-refractivity contribution in [2.75, 3.05) is 0 Å². The second-order valence-corrected chi connectivity index (χ2v) is 6.91. The summed E-state index contributed by atoms with van der Waals surface area (Å²) in [4.78, 5) is 28.3. The van der Waals surface area contributed by atoms with Crippen molar-refractivity contribution in [1.29, 1.82) is 0 Å². The molecule has 4 N–H and O–H groups in total. The first-order valence-corrected chi connectivity index (χ1v) is 8.80. The van der Waals surface area contributed by atoms with Gasteiger partial charge in [-0.25, -0.2) is 14.8 Å². The van der Waals surface area contributed by atoms with Crippen molar-refractivity contribution in [2.24, 2.45) is 5.73 Å². The van der Waals surface area contributed by atoms with Gasteiger partial charge in [0.05, 0.1) is 18.1 Å². The number of benzene rings is 1. The Morgan fingerprint density at radius 2 is 1.64 bits per heavy atom. The van der Waals surface area contributed by atoms with Crippen molar-refractivity contribution in [1.82, 2.24) is 14.4 Å². The number of imidazole rings is 1. The van der Waals surface area contributed by atoms with E-state index < -0.39 is 29.8 Å². The van der Waals surface area contributed by atoms with E-state index in [0.717, 1.165) is 0 Å². The number of aliphatic hydroxyl groups is 1. The molecule has 178 valence electrons. The Morgan fingerprint density at radius 1 is 1.06 bits per heavy atom. The molecule has 0 radical (unpaired) electrons. The number of hydrogen-bond acceptors (Lipinski definition) is 5. The number of aromatic nitrogens is 3. The topological polar surface area (TPSA) is 131 Å². The minimum atomic E-state index is -5.08.